The van der Waals surface area contributed by atoms with Gasteiger partial charge in [0.15, 0.2) is 0 Å². The lowest BCUT2D eigenvalue weighted by molar-refractivity contribution is -0.141. The van der Waals surface area contributed by atoms with Gasteiger partial charge in [0.25, 0.3) is 0 Å². The van der Waals surface area contributed by atoms with Crippen LogP contribution in [-0.4, -0.2) is 42.5 Å². The fourth-order valence-corrected chi connectivity index (χ4v) is 3.22. The molecule has 2 rings (SSSR count). The zero-order chi connectivity index (χ0) is 22.8. The minimum atomic E-state index is -0.617. The SMILES string of the molecule is COc1ccc(OCCCC(=O)N(Cc2ccccc2Cl)[C@@H](C)C(=O)NC(C)C)cc1. The Morgan fingerprint density at radius 1 is 1.03 bits per heavy atom. The van der Waals surface area contributed by atoms with Crippen LogP contribution in [0.25, 0.3) is 0 Å². The molecule has 0 aliphatic heterocycles. The first-order valence-corrected chi connectivity index (χ1v) is 10.8. The Morgan fingerprint density at radius 3 is 2.29 bits per heavy atom. The maximum Gasteiger partial charge on any atom is 0.242 e. The molecule has 31 heavy (non-hydrogen) atoms. The molecule has 7 heteroatoms. The largest absolute Gasteiger partial charge is 0.497 e. The summed E-state index contributed by atoms with van der Waals surface area (Å²) < 4.78 is 10.8. The maximum atomic E-state index is 13.0. The molecule has 0 aliphatic rings. The average Bonchev–Trinajstić information content (AvgIpc) is 2.75. The molecule has 0 unspecified atom stereocenters. The van der Waals surface area contributed by atoms with E-state index in [-0.39, 0.29) is 30.8 Å². The minimum absolute atomic E-state index is 0.00916. The molecule has 0 saturated heterocycles. The van der Waals surface area contributed by atoms with E-state index in [1.54, 1.807) is 25.0 Å². The van der Waals surface area contributed by atoms with Crippen molar-refractivity contribution in [2.24, 2.45) is 0 Å². The summed E-state index contributed by atoms with van der Waals surface area (Å²) in [5.41, 5.74) is 0.802. The lowest BCUT2D eigenvalue weighted by Crippen LogP contribution is -2.49. The number of nitrogens with zero attached hydrogens (tertiary/aromatic N) is 1. The van der Waals surface area contributed by atoms with Gasteiger partial charge in [0.1, 0.15) is 17.5 Å². The number of hydrogen-bond donors (Lipinski definition) is 1. The van der Waals surface area contributed by atoms with Gasteiger partial charge < -0.3 is 19.7 Å². The van der Waals surface area contributed by atoms with Crippen molar-refractivity contribution in [2.75, 3.05) is 13.7 Å². The zero-order valence-corrected chi connectivity index (χ0v) is 19.3. The van der Waals surface area contributed by atoms with Gasteiger partial charge in [-0.05, 0) is 63.1 Å². The van der Waals surface area contributed by atoms with Crippen LogP contribution in [-0.2, 0) is 16.1 Å². The number of benzene rings is 2. The number of carbonyl (C=O) groups is 2. The molecule has 0 heterocycles. The number of nitrogens with one attached hydrogen (secondary N) is 1. The normalized spacial score (nSPS) is 11.7. The number of carbonyl (C=O) groups excluding carboxylic acids is 2. The highest BCUT2D eigenvalue weighted by atomic mass is 35.5. The Bertz CT molecular complexity index is 855. The van der Waals surface area contributed by atoms with Crippen LogP contribution in [0.5, 0.6) is 11.5 Å². The maximum absolute atomic E-state index is 13.0. The van der Waals surface area contributed by atoms with E-state index in [4.69, 9.17) is 21.1 Å². The van der Waals surface area contributed by atoms with Crippen LogP contribution >= 0.6 is 11.6 Å². The van der Waals surface area contributed by atoms with E-state index in [1.165, 1.54) is 0 Å². The number of ether oxygens (including phenoxy) is 2. The Hall–Kier alpha value is -2.73. The first-order chi connectivity index (χ1) is 14.8. The van der Waals surface area contributed by atoms with Gasteiger partial charge in [-0.1, -0.05) is 29.8 Å². The average molecular weight is 447 g/mol. The van der Waals surface area contributed by atoms with E-state index in [2.05, 4.69) is 5.32 Å². The summed E-state index contributed by atoms with van der Waals surface area (Å²) in [5, 5.41) is 3.44. The van der Waals surface area contributed by atoms with Crippen molar-refractivity contribution in [1.29, 1.82) is 0 Å². The molecule has 6 nitrogen and oxygen atoms in total. The van der Waals surface area contributed by atoms with Gasteiger partial charge in [0, 0.05) is 24.0 Å². The van der Waals surface area contributed by atoms with E-state index >= 15 is 0 Å². The van der Waals surface area contributed by atoms with Crippen LogP contribution in [0, 0.1) is 0 Å². The standard InChI is InChI=1S/C24H31ClN2O4/c1-17(2)26-24(29)18(3)27(16-19-8-5-6-9-22(19)25)23(28)10-7-15-31-21-13-11-20(30-4)12-14-21/h5-6,8-9,11-14,17-18H,7,10,15-16H2,1-4H3,(H,26,29)/t18-/m0/s1. The van der Waals surface area contributed by atoms with Crippen molar-refractivity contribution < 1.29 is 19.1 Å². The first-order valence-electron chi connectivity index (χ1n) is 10.4. The van der Waals surface area contributed by atoms with Gasteiger partial charge in [-0.15, -0.1) is 0 Å². The van der Waals surface area contributed by atoms with E-state index < -0.39 is 6.04 Å². The second kappa shape index (κ2) is 12.2. The molecule has 0 radical (unpaired) electrons. The van der Waals surface area contributed by atoms with Crippen LogP contribution < -0.4 is 14.8 Å². The molecule has 0 bridgehead atoms. The van der Waals surface area contributed by atoms with Crippen molar-refractivity contribution in [3.63, 3.8) is 0 Å². The van der Waals surface area contributed by atoms with Crippen molar-refractivity contribution in [3.05, 3.63) is 59.1 Å². The molecule has 1 atom stereocenters. The number of methoxy groups -OCH3 is 1. The van der Waals surface area contributed by atoms with Crippen molar-refractivity contribution in [3.8, 4) is 11.5 Å². The third-order valence-corrected chi connectivity index (χ3v) is 5.13. The molecule has 2 aromatic carbocycles. The van der Waals surface area contributed by atoms with E-state index in [0.29, 0.717) is 23.8 Å². The Balaban J connectivity index is 1.99. The Labute approximate surface area is 189 Å². The summed E-state index contributed by atoms with van der Waals surface area (Å²) in [6.07, 6.45) is 0.794. The minimum Gasteiger partial charge on any atom is -0.497 e. The molecule has 2 aromatic rings. The molecule has 0 saturated carbocycles. The van der Waals surface area contributed by atoms with Crippen LogP contribution in [0.1, 0.15) is 39.2 Å². The second-order valence-corrected chi connectivity index (χ2v) is 7.99. The van der Waals surface area contributed by atoms with Gasteiger partial charge in [-0.2, -0.15) is 0 Å². The molecular formula is C24H31ClN2O4. The van der Waals surface area contributed by atoms with Crippen LogP contribution in [0.2, 0.25) is 5.02 Å². The highest BCUT2D eigenvalue weighted by Gasteiger charge is 2.26. The summed E-state index contributed by atoms with van der Waals surface area (Å²) in [7, 11) is 1.61. The molecule has 0 aromatic heterocycles. The van der Waals surface area contributed by atoms with Crippen molar-refractivity contribution >= 4 is 23.4 Å². The third kappa shape index (κ3) is 7.79. The number of rotatable bonds is 11. The quantitative estimate of drug-likeness (QED) is 0.518. The van der Waals surface area contributed by atoms with E-state index in [9.17, 15) is 9.59 Å². The predicted octanol–water partition coefficient (Wildman–Crippen LogP) is 4.45. The lowest BCUT2D eigenvalue weighted by Gasteiger charge is -2.29. The molecule has 0 aliphatic carbocycles. The summed E-state index contributed by atoms with van der Waals surface area (Å²) in [4.78, 5) is 27.2. The zero-order valence-electron chi connectivity index (χ0n) is 18.6. The first kappa shape index (κ1) is 24.5. The summed E-state index contributed by atoms with van der Waals surface area (Å²) >= 11 is 6.29. The number of hydrogen-bond acceptors (Lipinski definition) is 4. The van der Waals surface area contributed by atoms with Crippen LogP contribution in [0.3, 0.4) is 0 Å². The highest BCUT2D eigenvalue weighted by Crippen LogP contribution is 2.20. The summed E-state index contributed by atoms with van der Waals surface area (Å²) in [5.74, 6) is 1.16. The van der Waals surface area contributed by atoms with Crippen molar-refractivity contribution in [1.82, 2.24) is 10.2 Å². The second-order valence-electron chi connectivity index (χ2n) is 7.58. The fourth-order valence-electron chi connectivity index (χ4n) is 3.03. The smallest absolute Gasteiger partial charge is 0.242 e. The highest BCUT2D eigenvalue weighted by molar-refractivity contribution is 6.31. The predicted molar refractivity (Wildman–Crippen MR) is 122 cm³/mol. The fraction of sp³-hybridized carbons (Fsp3) is 0.417. The summed E-state index contributed by atoms with van der Waals surface area (Å²) in [6.45, 7) is 6.18. The van der Waals surface area contributed by atoms with Gasteiger partial charge in [-0.3, -0.25) is 9.59 Å². The Kier molecular flexibility index (Phi) is 9.66. The molecule has 168 valence electrons. The third-order valence-electron chi connectivity index (χ3n) is 4.76. The molecule has 1 N–H and O–H groups in total. The van der Waals surface area contributed by atoms with Gasteiger partial charge in [-0.25, -0.2) is 0 Å². The monoisotopic (exact) mass is 446 g/mol. The van der Waals surface area contributed by atoms with Gasteiger partial charge in [0.2, 0.25) is 11.8 Å². The van der Waals surface area contributed by atoms with E-state index in [1.807, 2.05) is 56.3 Å². The van der Waals surface area contributed by atoms with E-state index in [0.717, 1.165) is 11.3 Å². The molecule has 0 spiro atoms. The summed E-state index contributed by atoms with van der Waals surface area (Å²) in [6, 6.07) is 14.0. The number of amides is 2. The van der Waals surface area contributed by atoms with Gasteiger partial charge in [0.05, 0.1) is 13.7 Å². The van der Waals surface area contributed by atoms with Gasteiger partial charge >= 0.3 is 0 Å². The van der Waals surface area contributed by atoms with Crippen LogP contribution in [0.4, 0.5) is 0 Å². The van der Waals surface area contributed by atoms with Crippen molar-refractivity contribution in [2.45, 2.75) is 52.2 Å². The molecule has 0 fully saturated rings. The Morgan fingerprint density at radius 2 is 1.68 bits per heavy atom. The topological polar surface area (TPSA) is 67.9 Å². The molecule has 2 amide bonds. The van der Waals surface area contributed by atoms with Crippen LogP contribution in [0.15, 0.2) is 48.5 Å². The molecular weight excluding hydrogens is 416 g/mol. The lowest BCUT2D eigenvalue weighted by atomic mass is 10.1. The number of halogens is 1.